The zero-order valence-corrected chi connectivity index (χ0v) is 15.2. The fraction of sp³-hybridized carbons (Fsp3) is 0.222. The van der Waals surface area contributed by atoms with Crippen molar-refractivity contribution in [2.45, 2.75) is 13.8 Å². The number of nitro groups is 1. The van der Waals surface area contributed by atoms with Gasteiger partial charge in [-0.1, -0.05) is 12.1 Å². The van der Waals surface area contributed by atoms with E-state index < -0.39 is 4.92 Å². The van der Waals surface area contributed by atoms with Crippen molar-refractivity contribution in [2.24, 2.45) is 4.99 Å². The highest BCUT2D eigenvalue weighted by Gasteiger charge is 2.32. The fourth-order valence-corrected chi connectivity index (χ4v) is 3.67. The van der Waals surface area contributed by atoms with Crippen molar-refractivity contribution in [1.29, 1.82) is 0 Å². The summed E-state index contributed by atoms with van der Waals surface area (Å²) in [4.78, 5) is 29.7. The van der Waals surface area contributed by atoms with Gasteiger partial charge in [0.1, 0.15) is 11.5 Å². The Hall–Kier alpha value is -2.87. The Morgan fingerprint density at radius 3 is 2.73 bits per heavy atom. The van der Waals surface area contributed by atoms with Crippen molar-refractivity contribution >= 4 is 34.6 Å². The third-order valence-electron chi connectivity index (χ3n) is 3.76. The Kier molecular flexibility index (Phi) is 5.22. The number of hydrogen-bond donors (Lipinski definition) is 0. The van der Waals surface area contributed by atoms with Gasteiger partial charge in [0, 0.05) is 25.2 Å². The molecule has 0 N–H and O–H groups in total. The summed E-state index contributed by atoms with van der Waals surface area (Å²) in [5.74, 6) is 0.727. The Morgan fingerprint density at radius 1 is 1.27 bits per heavy atom. The summed E-state index contributed by atoms with van der Waals surface area (Å²) < 4.78 is 5.73. The average Bonchev–Trinajstić information content (AvgIpc) is 3.21. The molecule has 2 heterocycles. The Bertz CT molecular complexity index is 917. The molecule has 0 atom stereocenters. The molecule has 7 nitrogen and oxygen atoms in total. The van der Waals surface area contributed by atoms with E-state index in [2.05, 4.69) is 4.99 Å². The number of aliphatic imine (C=N–C) groups is 1. The number of nitrogens with zero attached hydrogens (tertiary/aromatic N) is 3. The van der Waals surface area contributed by atoms with Gasteiger partial charge in [-0.05, 0) is 43.8 Å². The molecule has 0 aliphatic carbocycles. The van der Waals surface area contributed by atoms with Crippen LogP contribution in [0.4, 0.5) is 5.69 Å². The number of rotatable bonds is 5. The second-order valence-corrected chi connectivity index (χ2v) is 6.40. The second kappa shape index (κ2) is 7.57. The summed E-state index contributed by atoms with van der Waals surface area (Å²) in [7, 11) is 0. The number of nitro benzene ring substituents is 1. The SMILES string of the molecule is CCN=C1SC(=Cc2ccc(-c3ccccc3[N+](=O)[O-])o2)C(=O)N1CC. The lowest BCUT2D eigenvalue weighted by Crippen LogP contribution is -2.28. The summed E-state index contributed by atoms with van der Waals surface area (Å²) in [6, 6.07) is 9.74. The number of amidine groups is 1. The smallest absolute Gasteiger partial charge is 0.280 e. The maximum absolute atomic E-state index is 12.5. The average molecular weight is 371 g/mol. The molecular formula is C18H17N3O4S. The lowest BCUT2D eigenvalue weighted by molar-refractivity contribution is -0.384. The van der Waals surface area contributed by atoms with Gasteiger partial charge in [-0.2, -0.15) is 0 Å². The molecule has 0 saturated carbocycles. The van der Waals surface area contributed by atoms with Crippen LogP contribution in [0.15, 0.2) is 50.7 Å². The highest BCUT2D eigenvalue weighted by atomic mass is 32.2. The predicted octanol–water partition coefficient (Wildman–Crippen LogP) is 4.17. The third-order valence-corrected chi connectivity index (χ3v) is 4.81. The third kappa shape index (κ3) is 3.41. The minimum atomic E-state index is -0.445. The first-order chi connectivity index (χ1) is 12.5. The number of benzene rings is 1. The lowest BCUT2D eigenvalue weighted by atomic mass is 10.1. The van der Waals surface area contributed by atoms with Crippen LogP contribution in [0.25, 0.3) is 17.4 Å². The van der Waals surface area contributed by atoms with E-state index in [1.54, 1.807) is 41.3 Å². The normalized spacial score (nSPS) is 17.5. The topological polar surface area (TPSA) is 89.0 Å². The summed E-state index contributed by atoms with van der Waals surface area (Å²) in [6.07, 6.45) is 1.64. The minimum absolute atomic E-state index is 0.0260. The monoisotopic (exact) mass is 371 g/mol. The number of thioether (sulfide) groups is 1. The maximum atomic E-state index is 12.5. The van der Waals surface area contributed by atoms with Gasteiger partial charge < -0.3 is 4.42 Å². The van der Waals surface area contributed by atoms with E-state index in [-0.39, 0.29) is 11.6 Å². The Morgan fingerprint density at radius 2 is 2.04 bits per heavy atom. The Labute approximate surface area is 154 Å². The maximum Gasteiger partial charge on any atom is 0.280 e. The van der Waals surface area contributed by atoms with E-state index in [9.17, 15) is 14.9 Å². The first kappa shape index (κ1) is 17.9. The zero-order chi connectivity index (χ0) is 18.7. The molecule has 134 valence electrons. The molecule has 26 heavy (non-hydrogen) atoms. The lowest BCUT2D eigenvalue weighted by Gasteiger charge is -2.11. The quantitative estimate of drug-likeness (QED) is 0.447. The van der Waals surface area contributed by atoms with Crippen LogP contribution in [0.5, 0.6) is 0 Å². The highest BCUT2D eigenvalue weighted by Crippen LogP contribution is 2.35. The summed E-state index contributed by atoms with van der Waals surface area (Å²) in [5, 5.41) is 11.9. The van der Waals surface area contributed by atoms with Crippen LogP contribution in [0, 0.1) is 10.1 Å². The Balaban J connectivity index is 1.92. The van der Waals surface area contributed by atoms with Crippen LogP contribution < -0.4 is 0 Å². The van der Waals surface area contributed by atoms with Crippen LogP contribution in [0.2, 0.25) is 0 Å². The molecule has 1 amide bonds. The fourth-order valence-electron chi connectivity index (χ4n) is 2.59. The zero-order valence-electron chi connectivity index (χ0n) is 14.3. The first-order valence-corrected chi connectivity index (χ1v) is 8.96. The van der Waals surface area contributed by atoms with Crippen molar-refractivity contribution in [3.8, 4) is 11.3 Å². The summed E-state index contributed by atoms with van der Waals surface area (Å²) in [5.41, 5.74) is 0.373. The van der Waals surface area contributed by atoms with Gasteiger partial charge >= 0.3 is 0 Å². The van der Waals surface area contributed by atoms with Crippen molar-refractivity contribution in [3.63, 3.8) is 0 Å². The standard InChI is InChI=1S/C18H17N3O4S/c1-3-19-18-20(4-2)17(22)16(26-18)11-12-9-10-15(25-12)13-7-5-6-8-14(13)21(23)24/h5-11H,3-4H2,1-2H3. The summed E-state index contributed by atoms with van der Waals surface area (Å²) >= 11 is 1.30. The number of carbonyl (C=O) groups is 1. The molecule has 0 radical (unpaired) electrons. The molecule has 0 spiro atoms. The molecule has 3 rings (SSSR count). The molecule has 1 fully saturated rings. The molecule has 0 unspecified atom stereocenters. The van der Waals surface area contributed by atoms with Crippen molar-refractivity contribution < 1.29 is 14.1 Å². The number of hydrogen-bond acceptors (Lipinski definition) is 6. The number of furan rings is 1. The number of likely N-dealkylation sites (N-methyl/N-ethyl adjacent to an activating group) is 1. The molecule has 0 bridgehead atoms. The molecule has 8 heteroatoms. The molecule has 2 aromatic rings. The summed E-state index contributed by atoms with van der Waals surface area (Å²) in [6.45, 7) is 4.95. The molecule has 1 aromatic heterocycles. The van der Waals surface area contributed by atoms with Crippen LogP contribution >= 0.6 is 11.8 Å². The van der Waals surface area contributed by atoms with Gasteiger partial charge in [0.2, 0.25) is 0 Å². The van der Waals surface area contributed by atoms with Crippen molar-refractivity contribution in [3.05, 3.63) is 57.2 Å². The first-order valence-electron chi connectivity index (χ1n) is 8.14. The van der Waals surface area contributed by atoms with Gasteiger partial charge in [-0.3, -0.25) is 24.8 Å². The number of para-hydroxylation sites is 1. The van der Waals surface area contributed by atoms with E-state index in [1.807, 2.05) is 13.8 Å². The van der Waals surface area contributed by atoms with Gasteiger partial charge in [-0.25, -0.2) is 0 Å². The molecule has 1 aliphatic heterocycles. The van der Waals surface area contributed by atoms with Crippen LogP contribution in [-0.4, -0.2) is 34.0 Å². The second-order valence-electron chi connectivity index (χ2n) is 5.39. The van der Waals surface area contributed by atoms with E-state index in [1.165, 1.54) is 17.8 Å². The van der Waals surface area contributed by atoms with Crippen molar-refractivity contribution in [2.75, 3.05) is 13.1 Å². The van der Waals surface area contributed by atoms with Gasteiger partial charge in [0.25, 0.3) is 11.6 Å². The molecule has 1 aromatic carbocycles. The molecule has 1 aliphatic rings. The van der Waals surface area contributed by atoms with Crippen LogP contribution in [0.3, 0.4) is 0 Å². The van der Waals surface area contributed by atoms with Gasteiger partial charge in [0.05, 0.1) is 15.4 Å². The van der Waals surface area contributed by atoms with E-state index in [4.69, 9.17) is 4.42 Å². The minimum Gasteiger partial charge on any atom is -0.456 e. The highest BCUT2D eigenvalue weighted by molar-refractivity contribution is 8.18. The molecular weight excluding hydrogens is 354 g/mol. The van der Waals surface area contributed by atoms with E-state index in [0.29, 0.717) is 40.2 Å². The number of carbonyl (C=O) groups excluding carboxylic acids is 1. The van der Waals surface area contributed by atoms with E-state index >= 15 is 0 Å². The molecule has 1 saturated heterocycles. The van der Waals surface area contributed by atoms with Gasteiger partial charge in [0.15, 0.2) is 5.17 Å². The van der Waals surface area contributed by atoms with Crippen molar-refractivity contribution in [1.82, 2.24) is 4.90 Å². The van der Waals surface area contributed by atoms with Crippen LogP contribution in [0.1, 0.15) is 19.6 Å². The predicted molar refractivity (Wildman–Crippen MR) is 102 cm³/mol. The van der Waals surface area contributed by atoms with Gasteiger partial charge in [-0.15, -0.1) is 0 Å². The van der Waals surface area contributed by atoms with E-state index in [0.717, 1.165) is 0 Å². The number of amides is 1. The largest absolute Gasteiger partial charge is 0.456 e. The van der Waals surface area contributed by atoms with Crippen LogP contribution in [-0.2, 0) is 4.79 Å².